The molecule has 1 atom stereocenters. The molecule has 4 nitrogen and oxygen atoms in total. The summed E-state index contributed by atoms with van der Waals surface area (Å²) in [6.07, 6.45) is 7.17. The molecule has 5 heteroatoms. The van der Waals surface area contributed by atoms with Gasteiger partial charge in [0.15, 0.2) is 0 Å². The van der Waals surface area contributed by atoms with E-state index < -0.39 is 0 Å². The Bertz CT molecular complexity index is 377. The molecule has 17 heavy (non-hydrogen) atoms. The van der Waals surface area contributed by atoms with Crippen molar-refractivity contribution in [2.75, 3.05) is 17.7 Å². The van der Waals surface area contributed by atoms with E-state index in [1.807, 2.05) is 7.05 Å². The van der Waals surface area contributed by atoms with E-state index in [1.165, 1.54) is 25.7 Å². The molecule has 1 aliphatic carbocycles. The minimum atomic E-state index is 0.466. The summed E-state index contributed by atoms with van der Waals surface area (Å²) >= 11 is 3.48. The van der Waals surface area contributed by atoms with Crippen LogP contribution in [-0.2, 0) is 0 Å². The van der Waals surface area contributed by atoms with Gasteiger partial charge >= 0.3 is 0 Å². The smallest absolute Gasteiger partial charge is 0.224 e. The Balaban J connectivity index is 2.06. The van der Waals surface area contributed by atoms with Crippen molar-refractivity contribution in [3.05, 3.63) is 10.7 Å². The van der Waals surface area contributed by atoms with Gasteiger partial charge in [0.2, 0.25) is 5.95 Å². The second kappa shape index (κ2) is 5.67. The molecule has 2 rings (SSSR count). The SMILES string of the molecule is CNc1ncc(Br)c(NC(C)C2CCCC2)n1. The van der Waals surface area contributed by atoms with Crippen LogP contribution in [0, 0.1) is 5.92 Å². The van der Waals surface area contributed by atoms with Gasteiger partial charge in [-0.3, -0.25) is 0 Å². The van der Waals surface area contributed by atoms with Gasteiger partial charge in [-0.1, -0.05) is 12.8 Å². The number of nitrogens with one attached hydrogen (secondary N) is 2. The Morgan fingerprint density at radius 1 is 1.41 bits per heavy atom. The fourth-order valence-electron chi connectivity index (χ4n) is 2.38. The summed E-state index contributed by atoms with van der Waals surface area (Å²) in [4.78, 5) is 8.58. The van der Waals surface area contributed by atoms with Gasteiger partial charge in [0.05, 0.1) is 4.47 Å². The van der Waals surface area contributed by atoms with Crippen molar-refractivity contribution in [2.45, 2.75) is 38.6 Å². The summed E-state index contributed by atoms with van der Waals surface area (Å²) in [5, 5.41) is 6.44. The average molecular weight is 299 g/mol. The molecule has 0 aliphatic heterocycles. The van der Waals surface area contributed by atoms with Crippen LogP contribution in [-0.4, -0.2) is 23.1 Å². The standard InChI is InChI=1S/C12H19BrN4/c1-8(9-5-3-4-6-9)16-11-10(13)7-15-12(14-2)17-11/h7-9H,3-6H2,1-2H3,(H2,14,15,16,17). The lowest BCUT2D eigenvalue weighted by Gasteiger charge is -2.21. The molecular weight excluding hydrogens is 280 g/mol. The zero-order chi connectivity index (χ0) is 12.3. The molecule has 1 saturated carbocycles. The van der Waals surface area contributed by atoms with E-state index in [9.17, 15) is 0 Å². The highest BCUT2D eigenvalue weighted by atomic mass is 79.9. The molecule has 0 aromatic carbocycles. The molecule has 1 aromatic heterocycles. The first kappa shape index (κ1) is 12.6. The minimum Gasteiger partial charge on any atom is -0.366 e. The Morgan fingerprint density at radius 3 is 2.76 bits per heavy atom. The zero-order valence-electron chi connectivity index (χ0n) is 10.3. The number of halogens is 1. The van der Waals surface area contributed by atoms with Gasteiger partial charge in [-0.25, -0.2) is 4.98 Å². The number of rotatable bonds is 4. The van der Waals surface area contributed by atoms with Gasteiger partial charge in [-0.15, -0.1) is 0 Å². The average Bonchev–Trinajstić information content (AvgIpc) is 2.85. The Labute approximate surface area is 111 Å². The summed E-state index contributed by atoms with van der Waals surface area (Å²) in [5.74, 6) is 2.30. The molecule has 0 saturated heterocycles. The summed E-state index contributed by atoms with van der Waals surface area (Å²) in [6, 6.07) is 0.466. The number of hydrogen-bond acceptors (Lipinski definition) is 4. The monoisotopic (exact) mass is 298 g/mol. The summed E-state index contributed by atoms with van der Waals surface area (Å²) < 4.78 is 0.918. The maximum Gasteiger partial charge on any atom is 0.224 e. The number of hydrogen-bond donors (Lipinski definition) is 2. The third-order valence-electron chi connectivity index (χ3n) is 3.44. The zero-order valence-corrected chi connectivity index (χ0v) is 11.9. The molecule has 1 fully saturated rings. The quantitative estimate of drug-likeness (QED) is 0.896. The largest absolute Gasteiger partial charge is 0.366 e. The van der Waals surface area contributed by atoms with E-state index in [0.29, 0.717) is 12.0 Å². The third-order valence-corrected chi connectivity index (χ3v) is 4.02. The Kier molecular flexibility index (Phi) is 4.20. The molecule has 1 unspecified atom stereocenters. The first-order valence-electron chi connectivity index (χ1n) is 6.17. The highest BCUT2D eigenvalue weighted by molar-refractivity contribution is 9.10. The van der Waals surface area contributed by atoms with Crippen LogP contribution in [0.2, 0.25) is 0 Å². The molecule has 1 aliphatic rings. The highest BCUT2D eigenvalue weighted by Crippen LogP contribution is 2.30. The number of anilines is 2. The topological polar surface area (TPSA) is 49.8 Å². The van der Waals surface area contributed by atoms with Crippen molar-refractivity contribution in [3.63, 3.8) is 0 Å². The summed E-state index contributed by atoms with van der Waals surface area (Å²) in [7, 11) is 1.83. The molecule has 94 valence electrons. The van der Waals surface area contributed by atoms with Crippen molar-refractivity contribution >= 4 is 27.7 Å². The maximum atomic E-state index is 4.42. The van der Waals surface area contributed by atoms with Crippen molar-refractivity contribution in [3.8, 4) is 0 Å². The van der Waals surface area contributed by atoms with Gasteiger partial charge < -0.3 is 10.6 Å². The minimum absolute atomic E-state index is 0.466. The van der Waals surface area contributed by atoms with Gasteiger partial charge in [0, 0.05) is 19.3 Å². The van der Waals surface area contributed by atoms with Crippen LogP contribution in [0.4, 0.5) is 11.8 Å². The predicted octanol–water partition coefficient (Wildman–Crippen LogP) is 3.27. The lowest BCUT2D eigenvalue weighted by molar-refractivity contribution is 0.481. The van der Waals surface area contributed by atoms with Crippen molar-refractivity contribution in [1.29, 1.82) is 0 Å². The summed E-state index contributed by atoms with van der Waals surface area (Å²) in [6.45, 7) is 2.24. The molecule has 0 spiro atoms. The second-order valence-electron chi connectivity index (χ2n) is 4.62. The predicted molar refractivity (Wildman–Crippen MR) is 74.3 cm³/mol. The van der Waals surface area contributed by atoms with Crippen LogP contribution in [0.25, 0.3) is 0 Å². The molecule has 1 heterocycles. The molecular formula is C12H19BrN4. The van der Waals surface area contributed by atoms with Crippen molar-refractivity contribution in [2.24, 2.45) is 5.92 Å². The van der Waals surface area contributed by atoms with Crippen LogP contribution >= 0.6 is 15.9 Å². The lowest BCUT2D eigenvalue weighted by Crippen LogP contribution is -2.24. The van der Waals surface area contributed by atoms with Gasteiger partial charge in [-0.05, 0) is 41.6 Å². The van der Waals surface area contributed by atoms with E-state index >= 15 is 0 Å². The lowest BCUT2D eigenvalue weighted by atomic mass is 10.00. The van der Waals surface area contributed by atoms with Gasteiger partial charge in [0.25, 0.3) is 0 Å². The van der Waals surface area contributed by atoms with Gasteiger partial charge in [-0.2, -0.15) is 4.98 Å². The second-order valence-corrected chi connectivity index (χ2v) is 5.47. The van der Waals surface area contributed by atoms with E-state index in [-0.39, 0.29) is 0 Å². The first-order valence-corrected chi connectivity index (χ1v) is 6.97. The van der Waals surface area contributed by atoms with Crippen LogP contribution < -0.4 is 10.6 Å². The van der Waals surface area contributed by atoms with E-state index in [1.54, 1.807) is 6.20 Å². The number of aromatic nitrogens is 2. The molecule has 0 amide bonds. The highest BCUT2D eigenvalue weighted by Gasteiger charge is 2.22. The Hall–Kier alpha value is -0.840. The van der Waals surface area contributed by atoms with Gasteiger partial charge in [0.1, 0.15) is 5.82 Å². The van der Waals surface area contributed by atoms with E-state index in [0.717, 1.165) is 16.2 Å². The van der Waals surface area contributed by atoms with Crippen molar-refractivity contribution in [1.82, 2.24) is 9.97 Å². The van der Waals surface area contributed by atoms with Crippen LogP contribution in [0.1, 0.15) is 32.6 Å². The molecule has 1 aromatic rings. The third kappa shape index (κ3) is 3.09. The Morgan fingerprint density at radius 2 is 2.12 bits per heavy atom. The summed E-state index contributed by atoms with van der Waals surface area (Å²) in [5.41, 5.74) is 0. The molecule has 0 bridgehead atoms. The number of nitrogens with zero attached hydrogens (tertiary/aromatic N) is 2. The van der Waals surface area contributed by atoms with Crippen molar-refractivity contribution < 1.29 is 0 Å². The van der Waals surface area contributed by atoms with E-state index in [4.69, 9.17) is 0 Å². The van der Waals surface area contributed by atoms with E-state index in [2.05, 4.69) is 43.5 Å². The fraction of sp³-hybridized carbons (Fsp3) is 0.667. The van der Waals surface area contributed by atoms with Crippen LogP contribution in [0.3, 0.4) is 0 Å². The van der Waals surface area contributed by atoms with Crippen LogP contribution in [0.5, 0.6) is 0 Å². The first-order chi connectivity index (χ1) is 8.20. The maximum absolute atomic E-state index is 4.42. The molecule has 2 N–H and O–H groups in total. The fourth-order valence-corrected chi connectivity index (χ4v) is 2.69. The van der Waals surface area contributed by atoms with Crippen LogP contribution in [0.15, 0.2) is 10.7 Å². The molecule has 0 radical (unpaired) electrons. The normalized spacial score (nSPS) is 18.1.